The predicted octanol–water partition coefficient (Wildman–Crippen LogP) is -4.35. The van der Waals surface area contributed by atoms with E-state index in [1.165, 1.54) is 13.8 Å². The Morgan fingerprint density at radius 1 is 1.10 bits per heavy atom. The summed E-state index contributed by atoms with van der Waals surface area (Å²) in [5.74, 6) is 0.946. The summed E-state index contributed by atoms with van der Waals surface area (Å²) in [6, 6.07) is 0. The normalized spacial score (nSPS) is 10.2. The van der Waals surface area contributed by atoms with E-state index in [1.54, 1.807) is 0 Å². The van der Waals surface area contributed by atoms with Crippen LogP contribution >= 0.6 is 23.2 Å². The van der Waals surface area contributed by atoms with E-state index in [2.05, 4.69) is 10.2 Å². The first kappa shape index (κ1) is 39.2. The molecule has 29 heavy (non-hydrogen) atoms. The van der Waals surface area contributed by atoms with Gasteiger partial charge < -0.3 is 26.3 Å². The molecule has 0 atom stereocenters. The van der Waals surface area contributed by atoms with Gasteiger partial charge in [0.1, 0.15) is 0 Å². The van der Waals surface area contributed by atoms with Crippen LogP contribution in [0.3, 0.4) is 0 Å². The average molecular weight is 532 g/mol. The predicted molar refractivity (Wildman–Crippen MR) is 93.4 cm³/mol. The van der Waals surface area contributed by atoms with Crippen LogP contribution in [0.5, 0.6) is 0 Å². The first-order valence-electron chi connectivity index (χ1n) is 7.57. The van der Waals surface area contributed by atoms with Gasteiger partial charge in [-0.15, -0.1) is 44.5 Å². The third-order valence-electron chi connectivity index (χ3n) is 2.13. The van der Waals surface area contributed by atoms with Gasteiger partial charge in [0, 0.05) is 51.0 Å². The molecule has 176 valence electrons. The molecule has 12 nitrogen and oxygen atoms in total. The van der Waals surface area contributed by atoms with Crippen LogP contribution in [-0.2, 0) is 21.6 Å². The maximum Gasteiger partial charge on any atom is 3.00 e. The fourth-order valence-electron chi connectivity index (χ4n) is 1.32. The van der Waals surface area contributed by atoms with E-state index in [4.69, 9.17) is 57.7 Å². The van der Waals surface area contributed by atoms with Crippen LogP contribution < -0.4 is 34.8 Å². The summed E-state index contributed by atoms with van der Waals surface area (Å²) >= 11 is 11.3. The number of halogens is 3. The molecule has 0 heterocycles. The van der Waals surface area contributed by atoms with Crippen molar-refractivity contribution in [3.05, 3.63) is 21.9 Å². The second-order valence-electron chi connectivity index (χ2n) is 4.58. The van der Waals surface area contributed by atoms with E-state index in [9.17, 15) is 9.90 Å². The van der Waals surface area contributed by atoms with E-state index in [1.807, 2.05) is 0 Å². The minimum Gasteiger partial charge on any atom is -0.876 e. The van der Waals surface area contributed by atoms with Crippen LogP contribution in [0.1, 0.15) is 13.8 Å². The van der Waals surface area contributed by atoms with E-state index < -0.39 is 10.2 Å². The van der Waals surface area contributed by atoms with Gasteiger partial charge in [0.15, 0.2) is 5.78 Å². The molecule has 0 bridgehead atoms. The van der Waals surface area contributed by atoms with Crippen LogP contribution in [0.25, 0.3) is 0 Å². The maximum absolute atomic E-state index is 9.98. The molecule has 0 saturated heterocycles. The molecule has 0 aromatic heterocycles. The number of allylic oxidation sites excluding steroid dienone is 2. The maximum atomic E-state index is 9.98. The van der Waals surface area contributed by atoms with Gasteiger partial charge >= 0.3 is 16.8 Å². The van der Waals surface area contributed by atoms with Gasteiger partial charge in [0.2, 0.25) is 0 Å². The van der Waals surface area contributed by atoms with Gasteiger partial charge in [-0.25, -0.2) is 18.6 Å². The van der Waals surface area contributed by atoms with Gasteiger partial charge in [-0.1, -0.05) is 6.92 Å². The third kappa shape index (κ3) is 74.2. The number of nitrogens with two attached hydrogens (primary N) is 1. The second-order valence-corrected chi connectivity index (χ2v) is 6.09. The number of nitrogens with one attached hydrogen (secondary N) is 1. The number of hydrogen-bond acceptors (Lipinski definition) is 12. The van der Waals surface area contributed by atoms with Gasteiger partial charge in [0.05, 0.1) is 0 Å². The van der Waals surface area contributed by atoms with Crippen molar-refractivity contribution in [3.63, 3.8) is 0 Å². The summed E-state index contributed by atoms with van der Waals surface area (Å²) in [4.78, 5) is 20.2. The Bertz CT molecular complexity index is 378. The minimum absolute atomic E-state index is 0. The summed E-state index contributed by atoms with van der Waals surface area (Å²) in [5, 5.41) is 22.2. The van der Waals surface area contributed by atoms with Crippen molar-refractivity contribution in [2.45, 2.75) is 13.8 Å². The zero-order valence-electron chi connectivity index (χ0n) is 15.9. The fourth-order valence-corrected chi connectivity index (χ4v) is 1.80. The number of carbonyl (C=O) groups is 1. The molecule has 0 unspecified atom stereocenters. The number of nitrogens with zero attached hydrogens (tertiary/aromatic N) is 2. The molecule has 0 aromatic carbocycles. The van der Waals surface area contributed by atoms with E-state index >= 15 is 0 Å². The number of hydrogen-bond donors (Lipinski definition) is 2. The number of alkyl halides is 2. The molecule has 16 heteroatoms. The summed E-state index contributed by atoms with van der Waals surface area (Å²) in [6.45, 7) is 7.99. The van der Waals surface area contributed by atoms with Gasteiger partial charge in [-0.3, -0.25) is 9.69 Å². The molecule has 0 aliphatic rings. The van der Waals surface area contributed by atoms with Gasteiger partial charge in [-0.05, 0) is 13.0 Å². The van der Waals surface area contributed by atoms with E-state index in [0.29, 0.717) is 18.3 Å². The minimum atomic E-state index is -4.94. The SMILES string of the molecule is CC(=O)/C=C(/C)[O-].NCCNCCN(CCCl)CCCl.O=N[O-].[Co+3].[O-][Cl+3]([O-])([O-])[O-]. The summed E-state index contributed by atoms with van der Waals surface area (Å²) in [6.07, 6.45) is 1.06. The standard InChI is InChI=1S/C8H19Cl2N3.C5H8O2.ClHO4.Co.HNO2/c9-1-6-13(7-2-10)8-5-12-4-3-11;1-4(6)3-5(2)7;2-1(3,4)5;;2-1-3/h12H,1-8,11H2;3,6H,1-2H3;(H,2,3,4,5);;(H,2,3)/q;;;+3;/p-3/b;4-3-;;;. The summed E-state index contributed by atoms with van der Waals surface area (Å²) in [7, 11) is -4.94. The van der Waals surface area contributed by atoms with Gasteiger partial charge in [0.25, 0.3) is 0 Å². The van der Waals surface area contributed by atoms with Crippen molar-refractivity contribution in [3.8, 4) is 0 Å². The van der Waals surface area contributed by atoms with Crippen LogP contribution in [-0.4, -0.2) is 61.7 Å². The van der Waals surface area contributed by atoms with Crippen molar-refractivity contribution >= 4 is 29.0 Å². The zero-order valence-corrected chi connectivity index (χ0v) is 19.2. The number of rotatable bonds is 10. The Morgan fingerprint density at radius 2 is 1.48 bits per heavy atom. The van der Waals surface area contributed by atoms with Crippen LogP contribution in [0.2, 0.25) is 0 Å². The van der Waals surface area contributed by atoms with Crippen LogP contribution in [0, 0.1) is 20.4 Å². The topological polar surface area (TPSA) is 226 Å². The number of carbonyl (C=O) groups excluding carboxylic acids is 1. The van der Waals surface area contributed by atoms with Crippen LogP contribution in [0.4, 0.5) is 0 Å². The Morgan fingerprint density at radius 3 is 1.69 bits per heavy atom. The molecule has 3 N–H and O–H groups in total. The quantitative estimate of drug-likeness (QED) is 0.0683. The van der Waals surface area contributed by atoms with Crippen molar-refractivity contribution in [2.24, 2.45) is 11.1 Å². The molecule has 0 saturated carbocycles. The Hall–Kier alpha value is -0.294. The van der Waals surface area contributed by atoms with Crippen molar-refractivity contribution < 1.29 is 55.6 Å². The molecule has 0 aromatic rings. The van der Waals surface area contributed by atoms with E-state index in [-0.39, 0.29) is 28.3 Å². The van der Waals surface area contributed by atoms with Crippen molar-refractivity contribution in [1.82, 2.24) is 10.2 Å². The first-order chi connectivity index (χ1) is 12.9. The second kappa shape index (κ2) is 29.9. The fraction of sp³-hybridized carbons (Fsp3) is 0.769. The molecular weight excluding hydrogens is 505 g/mol. The molecule has 0 fully saturated rings. The summed E-state index contributed by atoms with van der Waals surface area (Å²) in [5.41, 5.74) is 5.34. The average Bonchev–Trinajstić information content (AvgIpc) is 2.50. The Kier molecular flexibility index (Phi) is 40.4. The number of ketones is 1. The molecule has 0 radical (unpaired) electrons. The molecule has 0 spiro atoms. The van der Waals surface area contributed by atoms with Crippen molar-refractivity contribution in [2.75, 3.05) is 51.0 Å². The molecular formula is C13H26Cl3CoN4O8. The molecule has 0 aliphatic carbocycles. The Balaban J connectivity index is -0.000000101. The third-order valence-corrected chi connectivity index (χ3v) is 2.47. The molecule has 0 aliphatic heterocycles. The first-order valence-corrected chi connectivity index (χ1v) is 9.87. The molecule has 0 rings (SSSR count). The van der Waals surface area contributed by atoms with Crippen molar-refractivity contribution in [1.29, 1.82) is 0 Å². The van der Waals surface area contributed by atoms with Crippen LogP contribution in [0.15, 0.2) is 17.2 Å². The summed E-state index contributed by atoms with van der Waals surface area (Å²) < 4.78 is 34.0. The smallest absolute Gasteiger partial charge is 0.876 e. The van der Waals surface area contributed by atoms with E-state index in [0.717, 1.165) is 44.1 Å². The zero-order chi connectivity index (χ0) is 23.0. The molecule has 0 amide bonds. The Labute approximate surface area is 192 Å². The largest absolute Gasteiger partial charge is 3.00 e. The monoisotopic (exact) mass is 530 g/mol. The van der Waals surface area contributed by atoms with Gasteiger partial charge in [-0.2, -0.15) is 0 Å².